The second-order valence-electron chi connectivity index (χ2n) is 7.10. The Morgan fingerprint density at radius 2 is 0.885 bits per heavy atom. The quantitative estimate of drug-likeness (QED) is 0.189. The fourth-order valence-electron chi connectivity index (χ4n) is 1.88. The molecule has 0 rings (SSSR count). The van der Waals surface area contributed by atoms with Gasteiger partial charge in [0.15, 0.2) is 10.2 Å². The molecule has 10 heteroatoms. The Kier molecular flexibility index (Phi) is 15.5. The molecule has 26 heavy (non-hydrogen) atoms. The molecule has 0 saturated heterocycles. The van der Waals surface area contributed by atoms with Gasteiger partial charge in [0.25, 0.3) is 0 Å². The molecule has 0 N–H and O–H groups in total. The lowest BCUT2D eigenvalue weighted by atomic mass is 10.5. The highest BCUT2D eigenvalue weighted by Crippen LogP contribution is 2.18. The van der Waals surface area contributed by atoms with Crippen LogP contribution in [0.5, 0.6) is 0 Å². The van der Waals surface area contributed by atoms with Gasteiger partial charge in [0.05, 0.1) is 46.2 Å². The van der Waals surface area contributed by atoms with Crippen molar-refractivity contribution in [3.63, 3.8) is 0 Å². The van der Waals surface area contributed by atoms with Gasteiger partial charge in [0.2, 0.25) is 5.60 Å². The lowest BCUT2D eigenvalue weighted by molar-refractivity contribution is -0.325. The van der Waals surface area contributed by atoms with Crippen LogP contribution >= 0.6 is 34.8 Å². The van der Waals surface area contributed by atoms with Gasteiger partial charge in [-0.15, -0.1) is 34.8 Å². The SMILES string of the molecule is C[Si](C)C(Cl)CCOC([Si])(OCCC(Cl)[Si](C)C)OCCC(Cl)[Si](C)C. The Hall–Kier alpha value is 1.62. The summed E-state index contributed by atoms with van der Waals surface area (Å²) < 4.78 is 17.6. The van der Waals surface area contributed by atoms with Gasteiger partial charge in [-0.1, -0.05) is 39.3 Å². The predicted octanol–water partition coefficient (Wildman–Crippen LogP) is 4.69. The zero-order chi connectivity index (χ0) is 20.3. The van der Waals surface area contributed by atoms with E-state index in [4.69, 9.17) is 49.0 Å². The Bertz CT molecular complexity index is 315. The summed E-state index contributed by atoms with van der Waals surface area (Å²) in [5.74, 6) is 0. The molecular formula is C16H33Cl3O3Si4. The van der Waals surface area contributed by atoms with Gasteiger partial charge < -0.3 is 14.2 Å². The van der Waals surface area contributed by atoms with E-state index >= 15 is 0 Å². The predicted molar refractivity (Wildman–Crippen MR) is 122 cm³/mol. The number of ether oxygens (including phenoxy) is 3. The van der Waals surface area contributed by atoms with Crippen molar-refractivity contribution in [2.45, 2.75) is 79.1 Å². The van der Waals surface area contributed by atoms with Crippen LogP contribution in [0, 0.1) is 0 Å². The molecular weight excluding hydrogens is 459 g/mol. The second-order valence-corrected chi connectivity index (χ2v) is 18.9. The Balaban J connectivity index is 4.53. The molecule has 3 nitrogen and oxygen atoms in total. The summed E-state index contributed by atoms with van der Waals surface area (Å²) >= 11 is 19.0. The van der Waals surface area contributed by atoms with E-state index in [1.54, 1.807) is 0 Å². The minimum atomic E-state index is -1.26. The summed E-state index contributed by atoms with van der Waals surface area (Å²) in [6.07, 6.45) is 2.31. The summed E-state index contributed by atoms with van der Waals surface area (Å²) in [5.41, 5.74) is -1.26. The van der Waals surface area contributed by atoms with Crippen LogP contribution in [0.1, 0.15) is 19.3 Å². The number of hydrogen-bond donors (Lipinski definition) is 0. The zero-order valence-electron chi connectivity index (χ0n) is 16.8. The van der Waals surface area contributed by atoms with Crippen LogP contribution in [0.25, 0.3) is 0 Å². The molecule has 0 amide bonds. The van der Waals surface area contributed by atoms with Crippen molar-refractivity contribution in [2.24, 2.45) is 0 Å². The largest absolute Gasteiger partial charge is 0.332 e. The molecule has 0 aromatic heterocycles. The van der Waals surface area contributed by atoms with Gasteiger partial charge in [-0.3, -0.25) is 0 Å². The average Bonchev–Trinajstić information content (AvgIpc) is 2.54. The highest BCUT2D eigenvalue weighted by molar-refractivity contribution is 6.68. The minimum Gasteiger partial charge on any atom is -0.332 e. The van der Waals surface area contributed by atoms with E-state index in [1.807, 2.05) is 0 Å². The smallest absolute Gasteiger partial charge is 0.248 e. The third kappa shape index (κ3) is 13.0. The van der Waals surface area contributed by atoms with E-state index in [0.717, 1.165) is 19.3 Å². The molecule has 0 heterocycles. The van der Waals surface area contributed by atoms with Gasteiger partial charge in [0.1, 0.15) is 0 Å². The molecule has 0 fully saturated rings. The summed E-state index contributed by atoms with van der Waals surface area (Å²) in [6, 6.07) is 0. The molecule has 3 atom stereocenters. The summed E-state index contributed by atoms with van der Waals surface area (Å²) in [4.78, 5) is 0. The van der Waals surface area contributed by atoms with Crippen LogP contribution in [0.4, 0.5) is 0 Å². The Morgan fingerprint density at radius 1 is 0.654 bits per heavy atom. The van der Waals surface area contributed by atoms with Crippen molar-refractivity contribution in [1.29, 1.82) is 0 Å². The number of alkyl halides is 3. The second kappa shape index (κ2) is 14.6. The molecule has 0 bridgehead atoms. The third-order valence-electron chi connectivity index (χ3n) is 3.87. The maximum Gasteiger partial charge on any atom is 0.248 e. The van der Waals surface area contributed by atoms with Crippen LogP contribution in [-0.2, 0) is 14.2 Å². The van der Waals surface area contributed by atoms with Crippen LogP contribution in [0.15, 0.2) is 0 Å². The van der Waals surface area contributed by atoms with Crippen molar-refractivity contribution in [2.75, 3.05) is 19.8 Å². The number of rotatable bonds is 15. The third-order valence-corrected chi connectivity index (χ3v) is 13.5. The molecule has 0 aliphatic rings. The first kappa shape index (κ1) is 27.6. The molecule has 0 aromatic carbocycles. The van der Waals surface area contributed by atoms with E-state index in [9.17, 15) is 0 Å². The average molecular weight is 492 g/mol. The van der Waals surface area contributed by atoms with Crippen molar-refractivity contribution >= 4 is 71.4 Å². The first-order valence-electron chi connectivity index (χ1n) is 8.97. The number of hydrogen-bond acceptors (Lipinski definition) is 3. The van der Waals surface area contributed by atoms with Gasteiger partial charge in [-0.25, -0.2) is 0 Å². The first-order valence-corrected chi connectivity index (χ1v) is 18.5. The summed E-state index contributed by atoms with van der Waals surface area (Å²) in [5, 5.41) is 0.475. The fraction of sp³-hybridized carbons (Fsp3) is 1.00. The van der Waals surface area contributed by atoms with Crippen LogP contribution in [-0.4, -0.2) is 77.1 Å². The van der Waals surface area contributed by atoms with E-state index in [0.29, 0.717) is 19.8 Å². The first-order chi connectivity index (χ1) is 12.0. The fourth-order valence-corrected chi connectivity index (χ4v) is 4.54. The standard InChI is InChI=1S/C16H33Cl3O3Si4/c1-24(2)13(17)7-10-20-16(23,21-11-8-14(18)25(3)4)22-12-9-15(19)26(5)6/h13-15H,7-12H2,1-6H3. The van der Waals surface area contributed by atoms with Crippen molar-refractivity contribution in [1.82, 2.24) is 0 Å². The van der Waals surface area contributed by atoms with E-state index in [-0.39, 0.29) is 15.0 Å². The molecule has 6 radical (unpaired) electrons. The Labute approximate surface area is 184 Å². The summed E-state index contributed by atoms with van der Waals surface area (Å²) in [6.45, 7) is 14.6. The van der Waals surface area contributed by atoms with Crippen LogP contribution < -0.4 is 0 Å². The van der Waals surface area contributed by atoms with Crippen molar-refractivity contribution in [3.8, 4) is 0 Å². The van der Waals surface area contributed by atoms with E-state index in [2.05, 4.69) is 49.5 Å². The van der Waals surface area contributed by atoms with E-state index < -0.39 is 32.0 Å². The zero-order valence-corrected chi connectivity index (χ0v) is 23.1. The van der Waals surface area contributed by atoms with Crippen molar-refractivity contribution in [3.05, 3.63) is 0 Å². The van der Waals surface area contributed by atoms with E-state index in [1.165, 1.54) is 0 Å². The normalized spacial score (nSPS) is 18.3. The molecule has 0 aromatic rings. The van der Waals surface area contributed by atoms with Crippen LogP contribution in [0.3, 0.4) is 0 Å². The van der Waals surface area contributed by atoms with Crippen LogP contribution in [0.2, 0.25) is 39.3 Å². The highest BCUT2D eigenvalue weighted by atomic mass is 35.5. The van der Waals surface area contributed by atoms with Gasteiger partial charge >= 0.3 is 0 Å². The number of halogens is 3. The molecule has 0 spiro atoms. The highest BCUT2D eigenvalue weighted by Gasteiger charge is 2.29. The minimum absolute atomic E-state index is 0.158. The molecule has 0 saturated carbocycles. The lowest BCUT2D eigenvalue weighted by Crippen LogP contribution is -2.42. The summed E-state index contributed by atoms with van der Waals surface area (Å²) in [7, 11) is 1.90. The maximum atomic E-state index is 6.35. The van der Waals surface area contributed by atoms with Gasteiger partial charge in [-0.2, -0.15) is 0 Å². The molecule has 0 aliphatic carbocycles. The van der Waals surface area contributed by atoms with Gasteiger partial charge in [0, 0.05) is 15.0 Å². The molecule has 3 unspecified atom stereocenters. The monoisotopic (exact) mass is 490 g/mol. The van der Waals surface area contributed by atoms with Gasteiger partial charge in [-0.05, 0) is 19.3 Å². The molecule has 0 aliphatic heterocycles. The molecule has 152 valence electrons. The maximum absolute atomic E-state index is 6.35. The lowest BCUT2D eigenvalue weighted by Gasteiger charge is -2.31. The topological polar surface area (TPSA) is 27.7 Å². The Morgan fingerprint density at radius 3 is 1.08 bits per heavy atom. The van der Waals surface area contributed by atoms with Crippen molar-refractivity contribution < 1.29 is 14.2 Å².